The molecule has 150 valence electrons. The minimum absolute atomic E-state index is 0.213. The zero-order chi connectivity index (χ0) is 20.0. The van der Waals surface area contributed by atoms with Gasteiger partial charge in [-0.2, -0.15) is 0 Å². The van der Waals surface area contributed by atoms with Gasteiger partial charge in [-0.3, -0.25) is 0 Å². The molecule has 0 bridgehead atoms. The zero-order valence-corrected chi connectivity index (χ0v) is 18.2. The van der Waals surface area contributed by atoms with Crippen LogP contribution in [0.25, 0.3) is 0 Å². The first-order valence-corrected chi connectivity index (χ1v) is 13.3. The SMILES string of the molecule is CCOC(=C[C@@H]1CCOc2cc(OCc3ccccc3)ccc21)O[Si](C)(C)C. The van der Waals surface area contributed by atoms with Gasteiger partial charge in [0.25, 0.3) is 5.95 Å². The van der Waals surface area contributed by atoms with E-state index in [9.17, 15) is 0 Å². The highest BCUT2D eigenvalue weighted by atomic mass is 28.4. The molecule has 0 aromatic heterocycles. The Balaban J connectivity index is 1.75. The van der Waals surface area contributed by atoms with Gasteiger partial charge in [0.2, 0.25) is 8.32 Å². The predicted octanol–water partition coefficient (Wildman–Crippen LogP) is 5.86. The lowest BCUT2D eigenvalue weighted by Gasteiger charge is -2.27. The van der Waals surface area contributed by atoms with Gasteiger partial charge in [-0.05, 0) is 44.6 Å². The van der Waals surface area contributed by atoms with Crippen LogP contribution in [-0.2, 0) is 15.8 Å². The quantitative estimate of drug-likeness (QED) is 0.412. The van der Waals surface area contributed by atoms with Gasteiger partial charge in [-0.15, -0.1) is 0 Å². The Morgan fingerprint density at radius 3 is 2.64 bits per heavy atom. The van der Waals surface area contributed by atoms with Crippen LogP contribution in [0.2, 0.25) is 19.6 Å². The van der Waals surface area contributed by atoms with Crippen LogP contribution in [0.1, 0.15) is 30.4 Å². The highest BCUT2D eigenvalue weighted by molar-refractivity contribution is 6.70. The van der Waals surface area contributed by atoms with Gasteiger partial charge < -0.3 is 18.6 Å². The van der Waals surface area contributed by atoms with E-state index in [1.165, 1.54) is 0 Å². The Hall–Kier alpha value is -2.40. The van der Waals surface area contributed by atoms with Crippen LogP contribution in [0.4, 0.5) is 0 Å². The molecule has 0 saturated carbocycles. The van der Waals surface area contributed by atoms with Gasteiger partial charge in [-0.25, -0.2) is 0 Å². The minimum Gasteiger partial charge on any atom is -0.520 e. The van der Waals surface area contributed by atoms with Crippen LogP contribution in [0.3, 0.4) is 0 Å². The van der Waals surface area contributed by atoms with Gasteiger partial charge in [0.15, 0.2) is 0 Å². The largest absolute Gasteiger partial charge is 0.520 e. The number of fused-ring (bicyclic) bond motifs is 1. The molecule has 4 nitrogen and oxygen atoms in total. The van der Waals surface area contributed by atoms with Crippen LogP contribution in [-0.4, -0.2) is 21.5 Å². The topological polar surface area (TPSA) is 36.9 Å². The van der Waals surface area contributed by atoms with Gasteiger partial charge in [0, 0.05) is 23.6 Å². The second-order valence-corrected chi connectivity index (χ2v) is 12.3. The first kappa shape index (κ1) is 20.3. The summed E-state index contributed by atoms with van der Waals surface area (Å²) >= 11 is 0. The van der Waals surface area contributed by atoms with Gasteiger partial charge in [0.05, 0.1) is 13.2 Å². The normalized spacial score (nSPS) is 16.7. The molecule has 3 rings (SSSR count). The van der Waals surface area contributed by atoms with Crippen molar-refractivity contribution in [2.24, 2.45) is 0 Å². The number of ether oxygens (including phenoxy) is 3. The molecule has 2 aromatic rings. The summed E-state index contributed by atoms with van der Waals surface area (Å²) < 4.78 is 23.7. The van der Waals surface area contributed by atoms with Crippen LogP contribution in [0.15, 0.2) is 60.6 Å². The maximum absolute atomic E-state index is 6.12. The van der Waals surface area contributed by atoms with Crippen molar-refractivity contribution in [3.63, 3.8) is 0 Å². The van der Waals surface area contributed by atoms with Crippen LogP contribution in [0.5, 0.6) is 11.5 Å². The van der Waals surface area contributed by atoms with E-state index in [2.05, 4.69) is 43.9 Å². The Labute approximate surface area is 169 Å². The molecule has 0 amide bonds. The van der Waals surface area contributed by atoms with E-state index < -0.39 is 8.32 Å². The number of rotatable bonds is 8. The molecule has 0 aliphatic carbocycles. The monoisotopic (exact) mass is 398 g/mol. The van der Waals surface area contributed by atoms with Gasteiger partial charge >= 0.3 is 0 Å². The van der Waals surface area contributed by atoms with Crippen molar-refractivity contribution < 1.29 is 18.6 Å². The van der Waals surface area contributed by atoms with Crippen LogP contribution in [0, 0.1) is 0 Å². The Morgan fingerprint density at radius 1 is 1.14 bits per heavy atom. The summed E-state index contributed by atoms with van der Waals surface area (Å²) in [5.41, 5.74) is 2.29. The molecule has 0 radical (unpaired) electrons. The third kappa shape index (κ3) is 5.80. The fourth-order valence-corrected chi connectivity index (χ4v) is 3.85. The standard InChI is InChI=1S/C23H30O4Si/c1-5-24-23(27-28(2,3)4)15-19-13-14-25-22-16-20(11-12-21(19)22)26-17-18-9-7-6-8-10-18/h6-12,15-16,19H,5,13-14,17H2,1-4H3/t19-/m0/s1. The molecule has 1 aliphatic heterocycles. The highest BCUT2D eigenvalue weighted by Gasteiger charge is 2.24. The molecule has 0 saturated heterocycles. The summed E-state index contributed by atoms with van der Waals surface area (Å²) in [6, 6.07) is 16.2. The number of allylic oxidation sites excluding steroid dienone is 1. The summed E-state index contributed by atoms with van der Waals surface area (Å²) in [6.07, 6.45) is 3.01. The summed E-state index contributed by atoms with van der Waals surface area (Å²) in [4.78, 5) is 0. The molecule has 0 fully saturated rings. The van der Waals surface area contributed by atoms with Crippen LogP contribution >= 0.6 is 0 Å². The minimum atomic E-state index is -1.73. The first-order chi connectivity index (χ1) is 13.4. The molecule has 0 N–H and O–H groups in total. The van der Waals surface area contributed by atoms with Crippen molar-refractivity contribution in [3.8, 4) is 11.5 Å². The summed E-state index contributed by atoms with van der Waals surface area (Å²) in [5, 5.41) is 0. The second-order valence-electron chi connectivity index (χ2n) is 7.85. The molecule has 2 aromatic carbocycles. The first-order valence-electron chi connectivity index (χ1n) is 9.91. The molecular formula is C23H30O4Si. The van der Waals surface area contributed by atoms with Gasteiger partial charge in [-0.1, -0.05) is 36.4 Å². The maximum atomic E-state index is 6.12. The lowest BCUT2D eigenvalue weighted by molar-refractivity contribution is 0.109. The maximum Gasteiger partial charge on any atom is 0.261 e. The van der Waals surface area contributed by atoms with E-state index in [1.54, 1.807) is 0 Å². The number of hydrogen-bond acceptors (Lipinski definition) is 4. The third-order valence-electron chi connectivity index (χ3n) is 4.35. The van der Waals surface area contributed by atoms with E-state index in [4.69, 9.17) is 18.6 Å². The van der Waals surface area contributed by atoms with E-state index in [0.717, 1.165) is 29.0 Å². The summed E-state index contributed by atoms with van der Waals surface area (Å²) in [5.74, 6) is 2.55. The van der Waals surface area contributed by atoms with Crippen molar-refractivity contribution in [3.05, 3.63) is 71.7 Å². The molecule has 1 atom stereocenters. The Kier molecular flexibility index (Phi) is 6.68. The van der Waals surface area contributed by atoms with Crippen molar-refractivity contribution in [2.75, 3.05) is 13.2 Å². The van der Waals surface area contributed by atoms with Crippen molar-refractivity contribution in [1.29, 1.82) is 0 Å². The molecule has 0 unspecified atom stereocenters. The van der Waals surface area contributed by atoms with E-state index in [1.807, 2.05) is 37.3 Å². The van der Waals surface area contributed by atoms with Crippen molar-refractivity contribution in [1.82, 2.24) is 0 Å². The number of benzene rings is 2. The molecular weight excluding hydrogens is 368 g/mol. The van der Waals surface area contributed by atoms with Crippen LogP contribution < -0.4 is 9.47 Å². The summed E-state index contributed by atoms with van der Waals surface area (Å²) in [7, 11) is -1.73. The fourth-order valence-electron chi connectivity index (χ4n) is 3.12. The van der Waals surface area contributed by atoms with E-state index in [0.29, 0.717) is 25.8 Å². The molecule has 0 spiro atoms. The Morgan fingerprint density at radius 2 is 1.93 bits per heavy atom. The summed E-state index contributed by atoms with van der Waals surface area (Å²) in [6.45, 7) is 10.3. The Bertz CT molecular complexity index is 796. The lowest BCUT2D eigenvalue weighted by Crippen LogP contribution is -2.26. The van der Waals surface area contributed by atoms with Crippen molar-refractivity contribution >= 4 is 8.32 Å². The molecule has 28 heavy (non-hydrogen) atoms. The van der Waals surface area contributed by atoms with Gasteiger partial charge in [0.1, 0.15) is 18.1 Å². The predicted molar refractivity (Wildman–Crippen MR) is 114 cm³/mol. The van der Waals surface area contributed by atoms with E-state index in [-0.39, 0.29) is 5.92 Å². The smallest absolute Gasteiger partial charge is 0.261 e. The molecule has 1 aliphatic rings. The average molecular weight is 399 g/mol. The molecule has 1 heterocycles. The highest BCUT2D eigenvalue weighted by Crippen LogP contribution is 2.38. The second kappa shape index (κ2) is 9.19. The lowest BCUT2D eigenvalue weighted by atomic mass is 9.93. The van der Waals surface area contributed by atoms with E-state index >= 15 is 0 Å². The van der Waals surface area contributed by atoms with Crippen molar-refractivity contribution in [2.45, 2.75) is 45.5 Å². The third-order valence-corrected chi connectivity index (χ3v) is 5.16. The zero-order valence-electron chi connectivity index (χ0n) is 17.2. The average Bonchev–Trinajstić information content (AvgIpc) is 2.66. The molecule has 5 heteroatoms. The fraction of sp³-hybridized carbons (Fsp3) is 0.391. The number of hydrogen-bond donors (Lipinski definition) is 0.